The van der Waals surface area contributed by atoms with Gasteiger partial charge in [-0.25, -0.2) is 4.79 Å². The first-order valence-electron chi connectivity index (χ1n) is 11.2. The number of rotatable bonds is 9. The zero-order valence-corrected chi connectivity index (χ0v) is 20.9. The van der Waals surface area contributed by atoms with Crippen molar-refractivity contribution in [1.29, 1.82) is 0 Å². The number of guanidine groups is 1. The monoisotopic (exact) mass is 523 g/mol. The lowest BCUT2D eigenvalue weighted by molar-refractivity contribution is -0.161. The van der Waals surface area contributed by atoms with E-state index in [1.54, 1.807) is 38.1 Å². The topological polar surface area (TPSA) is 240 Å². The van der Waals surface area contributed by atoms with Gasteiger partial charge in [0.2, 0.25) is 11.8 Å². The molecule has 0 saturated carbocycles. The molecule has 1 aromatic rings. The summed E-state index contributed by atoms with van der Waals surface area (Å²) in [6, 6.07) is 5.56. The maximum Gasteiger partial charge on any atom is 0.327 e. The van der Waals surface area contributed by atoms with E-state index in [2.05, 4.69) is 10.3 Å². The zero-order chi connectivity index (χ0) is 27.2. The van der Waals surface area contributed by atoms with Gasteiger partial charge in [-0.15, -0.1) is 11.8 Å². The van der Waals surface area contributed by atoms with Crippen LogP contribution >= 0.6 is 11.8 Å². The highest BCUT2D eigenvalue weighted by Gasteiger charge is 2.64. The summed E-state index contributed by atoms with van der Waals surface area (Å²) < 4.78 is -0.618. The molecular formula is C22H33N7O6S. The van der Waals surface area contributed by atoms with Crippen molar-refractivity contribution in [2.24, 2.45) is 27.9 Å². The number of nitrogens with one attached hydrogen (secondary N) is 1. The third-order valence-electron chi connectivity index (χ3n) is 5.70. The fraction of sp³-hybridized carbons (Fsp3) is 0.500. The smallest absolute Gasteiger partial charge is 0.327 e. The number of carbonyl (C=O) groups is 4. The van der Waals surface area contributed by atoms with E-state index in [9.17, 15) is 24.3 Å². The maximum atomic E-state index is 12.3. The zero-order valence-electron chi connectivity index (χ0n) is 20.0. The third-order valence-corrected chi connectivity index (χ3v) is 7.27. The van der Waals surface area contributed by atoms with E-state index in [0.29, 0.717) is 24.9 Å². The van der Waals surface area contributed by atoms with Crippen molar-refractivity contribution < 1.29 is 29.4 Å². The normalized spacial score (nSPS) is 23.2. The van der Waals surface area contributed by atoms with Crippen LogP contribution in [0.4, 0.5) is 0 Å². The molecule has 0 unspecified atom stereocenters. The van der Waals surface area contributed by atoms with Crippen LogP contribution in [-0.2, 0) is 19.2 Å². The van der Waals surface area contributed by atoms with E-state index in [-0.39, 0.29) is 17.2 Å². The van der Waals surface area contributed by atoms with Gasteiger partial charge in [0, 0.05) is 11.3 Å². The lowest BCUT2D eigenvalue weighted by atomic mass is 9.95. The van der Waals surface area contributed by atoms with Gasteiger partial charge in [-0.2, -0.15) is 0 Å². The molecule has 5 atom stereocenters. The Morgan fingerprint density at radius 3 is 2.31 bits per heavy atom. The van der Waals surface area contributed by atoms with Gasteiger partial charge in [0.15, 0.2) is 5.96 Å². The molecule has 1 aromatic carbocycles. The first-order valence-corrected chi connectivity index (χ1v) is 12.0. The second kappa shape index (κ2) is 12.1. The fourth-order valence-electron chi connectivity index (χ4n) is 3.84. The van der Waals surface area contributed by atoms with E-state index >= 15 is 0 Å². The van der Waals surface area contributed by atoms with Crippen molar-refractivity contribution in [3.8, 4) is 0 Å². The second-order valence-electron chi connectivity index (χ2n) is 8.87. The lowest BCUT2D eigenvalue weighted by Gasteiger charge is -2.43. The van der Waals surface area contributed by atoms with Gasteiger partial charge in [-0.1, -0.05) is 30.3 Å². The summed E-state index contributed by atoms with van der Waals surface area (Å²) in [6.07, 6.45) is 0.956. The predicted octanol–water partition coefficient (Wildman–Crippen LogP) is -1.23. The van der Waals surface area contributed by atoms with Crippen molar-refractivity contribution >= 4 is 41.5 Å². The minimum absolute atomic E-state index is 0.0129. The summed E-state index contributed by atoms with van der Waals surface area (Å²) >= 11 is 1.38. The molecule has 2 amide bonds. The number of carboxylic acids is 2. The summed E-state index contributed by atoms with van der Waals surface area (Å²) in [5.41, 5.74) is 21.9. The Morgan fingerprint density at radius 2 is 1.78 bits per heavy atom. The maximum absolute atomic E-state index is 12.3. The van der Waals surface area contributed by atoms with Gasteiger partial charge in [-0.3, -0.25) is 19.4 Å². The highest BCUT2D eigenvalue weighted by Crippen LogP contribution is 2.50. The lowest BCUT2D eigenvalue weighted by Crippen LogP contribution is -2.71. The number of thioether (sulfide) groups is 1. The molecule has 2 aliphatic rings. The van der Waals surface area contributed by atoms with Gasteiger partial charge >= 0.3 is 11.9 Å². The molecular weight excluding hydrogens is 490 g/mol. The van der Waals surface area contributed by atoms with Gasteiger partial charge in [0.1, 0.15) is 29.5 Å². The first-order chi connectivity index (χ1) is 16.8. The van der Waals surface area contributed by atoms with E-state index < -0.39 is 46.8 Å². The van der Waals surface area contributed by atoms with E-state index in [4.69, 9.17) is 28.0 Å². The average molecular weight is 524 g/mol. The SMILES string of the molecule is CC1(C)S[C@@H]2[C@H](NC(=O)[C@H](N)c3ccccc3)C(=O)N2[C@H]1C(=O)O.NC(N)=NCCC[C@H](N)C(=O)O. The molecule has 0 aliphatic carbocycles. The number of aliphatic imine (C=N–C) groups is 1. The molecule has 2 fully saturated rings. The van der Waals surface area contributed by atoms with Crippen LogP contribution in [0.3, 0.4) is 0 Å². The summed E-state index contributed by atoms with van der Waals surface area (Å²) in [7, 11) is 0. The number of nitrogens with two attached hydrogens (primary N) is 4. The molecule has 11 N–H and O–H groups in total. The molecule has 14 heteroatoms. The number of hydrogen-bond acceptors (Lipinski definition) is 8. The molecule has 36 heavy (non-hydrogen) atoms. The van der Waals surface area contributed by atoms with Crippen LogP contribution in [0.5, 0.6) is 0 Å². The van der Waals surface area contributed by atoms with Gasteiger partial charge < -0.3 is 43.4 Å². The highest BCUT2D eigenvalue weighted by atomic mass is 32.2. The minimum Gasteiger partial charge on any atom is -0.480 e. The third kappa shape index (κ3) is 6.86. The summed E-state index contributed by atoms with van der Waals surface area (Å²) in [5, 5.41) is 20.0. The standard InChI is InChI=1S/C16H19N3O4S.C6H14N4O2/c1-16(2)11(15(22)23)19-13(21)10(14(19)24-16)18-12(20)9(17)8-6-4-3-5-7-8;7-4(5(11)12)2-1-3-10-6(8)9/h3-7,9-11,14H,17H2,1-2H3,(H,18,20)(H,22,23);4H,1-3,7H2,(H,11,12)(H4,8,9,10)/t9-,10-,11+,14-;4-/m10/s1. The second-order valence-corrected chi connectivity index (χ2v) is 10.6. The van der Waals surface area contributed by atoms with Gasteiger partial charge in [0.05, 0.1) is 0 Å². The van der Waals surface area contributed by atoms with Crippen LogP contribution in [0, 0.1) is 0 Å². The van der Waals surface area contributed by atoms with Crippen molar-refractivity contribution in [1.82, 2.24) is 10.2 Å². The number of β-lactam (4-membered cyclic amide) rings is 1. The Hall–Kier alpha value is -3.36. The summed E-state index contributed by atoms with van der Waals surface area (Å²) in [5.74, 6) is -2.84. The Balaban J connectivity index is 0.000000324. The van der Waals surface area contributed by atoms with Crippen LogP contribution in [-0.4, -0.2) is 79.6 Å². The average Bonchev–Trinajstić information content (AvgIpc) is 3.08. The molecule has 2 aliphatic heterocycles. The molecule has 0 radical (unpaired) electrons. The van der Waals surface area contributed by atoms with Gasteiger partial charge in [-0.05, 0) is 32.3 Å². The molecule has 198 valence electrons. The Labute approximate surface area is 212 Å². The molecule has 2 saturated heterocycles. The predicted molar refractivity (Wildman–Crippen MR) is 135 cm³/mol. The Bertz CT molecular complexity index is 1000. The number of aliphatic carboxylic acids is 2. The van der Waals surface area contributed by atoms with Crippen LogP contribution in [0.15, 0.2) is 35.3 Å². The summed E-state index contributed by atoms with van der Waals surface area (Å²) in [6.45, 7) is 4.00. The molecule has 0 spiro atoms. The summed E-state index contributed by atoms with van der Waals surface area (Å²) in [4.78, 5) is 51.4. The minimum atomic E-state index is -1.03. The number of carbonyl (C=O) groups excluding carboxylic acids is 2. The van der Waals surface area contributed by atoms with Crippen LogP contribution in [0.25, 0.3) is 0 Å². The van der Waals surface area contributed by atoms with Crippen LogP contribution < -0.4 is 28.3 Å². The number of carboxylic acid groups (broad SMARTS) is 2. The molecule has 0 bridgehead atoms. The fourth-order valence-corrected chi connectivity index (χ4v) is 5.47. The number of nitrogens with zero attached hydrogens (tertiary/aromatic N) is 2. The van der Waals surface area contributed by atoms with Crippen molar-refractivity contribution in [2.75, 3.05) is 6.54 Å². The number of hydrogen-bond donors (Lipinski definition) is 7. The molecule has 0 aromatic heterocycles. The van der Waals surface area contributed by atoms with Crippen LogP contribution in [0.1, 0.15) is 38.3 Å². The van der Waals surface area contributed by atoms with E-state index in [1.807, 2.05) is 6.07 Å². The molecule has 3 rings (SSSR count). The number of fused-ring (bicyclic) bond motifs is 1. The van der Waals surface area contributed by atoms with E-state index in [1.165, 1.54) is 16.7 Å². The highest BCUT2D eigenvalue weighted by molar-refractivity contribution is 8.01. The Morgan fingerprint density at radius 1 is 1.17 bits per heavy atom. The largest absolute Gasteiger partial charge is 0.480 e. The van der Waals surface area contributed by atoms with Crippen molar-refractivity contribution in [2.45, 2.75) is 61.0 Å². The first kappa shape index (κ1) is 28.9. The number of amides is 2. The van der Waals surface area contributed by atoms with Gasteiger partial charge in [0.25, 0.3) is 0 Å². The van der Waals surface area contributed by atoms with Crippen LogP contribution in [0.2, 0.25) is 0 Å². The molecule has 13 nitrogen and oxygen atoms in total. The van der Waals surface area contributed by atoms with E-state index in [0.717, 1.165) is 0 Å². The van der Waals surface area contributed by atoms with Crippen molar-refractivity contribution in [3.63, 3.8) is 0 Å². The molecule has 2 heterocycles. The quantitative estimate of drug-likeness (QED) is 0.0874. The number of benzene rings is 1. The Kier molecular flexibility index (Phi) is 9.67. The van der Waals surface area contributed by atoms with Crippen molar-refractivity contribution in [3.05, 3.63) is 35.9 Å².